The number of nitro benzene ring substituents is 1. The Morgan fingerprint density at radius 1 is 1.40 bits per heavy atom. The summed E-state index contributed by atoms with van der Waals surface area (Å²) in [6.45, 7) is 9.51. The summed E-state index contributed by atoms with van der Waals surface area (Å²) in [6.07, 6.45) is 1.70. The topological polar surface area (TPSA) is 55.2 Å². The van der Waals surface area contributed by atoms with E-state index in [1.54, 1.807) is 12.1 Å². The van der Waals surface area contributed by atoms with E-state index in [9.17, 15) is 10.1 Å². The third kappa shape index (κ3) is 4.87. The average Bonchev–Trinajstić information content (AvgIpc) is 2.32. The Morgan fingerprint density at radius 3 is 2.55 bits per heavy atom. The second-order valence-electron chi connectivity index (χ2n) is 6.11. The van der Waals surface area contributed by atoms with Gasteiger partial charge in [-0.15, -0.1) is 0 Å². The molecular formula is C15H23BrN2O2. The van der Waals surface area contributed by atoms with Gasteiger partial charge in [-0.1, -0.05) is 43.6 Å². The molecule has 0 aliphatic heterocycles. The number of nitrogens with one attached hydrogen (secondary N) is 1. The van der Waals surface area contributed by atoms with Gasteiger partial charge >= 0.3 is 0 Å². The number of halogens is 1. The smallest absolute Gasteiger partial charge is 0.272 e. The van der Waals surface area contributed by atoms with Crippen molar-refractivity contribution in [1.29, 1.82) is 0 Å². The molecule has 5 heteroatoms. The first-order chi connectivity index (χ1) is 9.25. The second-order valence-corrected chi connectivity index (χ2v) is 7.02. The van der Waals surface area contributed by atoms with E-state index in [1.165, 1.54) is 0 Å². The van der Waals surface area contributed by atoms with Crippen LogP contribution in [0.1, 0.15) is 39.7 Å². The molecule has 1 aromatic carbocycles. The fraction of sp³-hybridized carbons (Fsp3) is 0.600. The van der Waals surface area contributed by atoms with E-state index in [0.717, 1.165) is 23.0 Å². The molecule has 4 nitrogen and oxygen atoms in total. The van der Waals surface area contributed by atoms with Crippen LogP contribution in [0.2, 0.25) is 0 Å². The maximum atomic E-state index is 11.1. The number of hydrogen-bond donors (Lipinski definition) is 1. The van der Waals surface area contributed by atoms with Crippen molar-refractivity contribution in [1.82, 2.24) is 5.32 Å². The Bertz CT molecular complexity index is 469. The zero-order valence-corrected chi connectivity index (χ0v) is 14.2. The Kier molecular flexibility index (Phi) is 6.14. The van der Waals surface area contributed by atoms with Crippen molar-refractivity contribution in [3.63, 3.8) is 0 Å². The van der Waals surface area contributed by atoms with E-state index in [2.05, 4.69) is 48.9 Å². The van der Waals surface area contributed by atoms with E-state index in [-0.39, 0.29) is 22.1 Å². The van der Waals surface area contributed by atoms with Crippen LogP contribution >= 0.6 is 15.9 Å². The van der Waals surface area contributed by atoms with E-state index < -0.39 is 0 Å². The lowest BCUT2D eigenvalue weighted by Crippen LogP contribution is -2.42. The molecule has 0 aromatic heterocycles. The molecule has 0 saturated heterocycles. The van der Waals surface area contributed by atoms with Crippen LogP contribution in [0, 0.1) is 15.5 Å². The fourth-order valence-corrected chi connectivity index (χ4v) is 2.53. The molecule has 0 spiro atoms. The van der Waals surface area contributed by atoms with Gasteiger partial charge in [-0.05, 0) is 36.9 Å². The third-order valence-electron chi connectivity index (χ3n) is 3.35. The highest BCUT2D eigenvalue weighted by atomic mass is 79.9. The van der Waals surface area contributed by atoms with Gasteiger partial charge in [-0.25, -0.2) is 0 Å². The molecule has 1 rings (SSSR count). The Morgan fingerprint density at radius 2 is 2.05 bits per heavy atom. The van der Waals surface area contributed by atoms with Crippen LogP contribution in [0.25, 0.3) is 0 Å². The molecule has 1 N–H and O–H groups in total. The normalized spacial score (nSPS) is 13.2. The summed E-state index contributed by atoms with van der Waals surface area (Å²) in [7, 11) is 0. The predicted octanol–water partition coefficient (Wildman–Crippen LogP) is 4.31. The van der Waals surface area contributed by atoms with Gasteiger partial charge in [0.05, 0.1) is 4.92 Å². The van der Waals surface area contributed by atoms with Crippen LogP contribution in [0.15, 0.2) is 22.7 Å². The molecule has 0 fully saturated rings. The van der Waals surface area contributed by atoms with Gasteiger partial charge in [-0.3, -0.25) is 10.1 Å². The highest BCUT2D eigenvalue weighted by Crippen LogP contribution is 2.29. The summed E-state index contributed by atoms with van der Waals surface area (Å²) in [6, 6.07) is 5.34. The first-order valence-electron chi connectivity index (χ1n) is 6.92. The van der Waals surface area contributed by atoms with Crippen LogP contribution in [-0.2, 0) is 6.42 Å². The zero-order valence-electron chi connectivity index (χ0n) is 12.6. The summed E-state index contributed by atoms with van der Waals surface area (Å²) >= 11 is 3.40. The Balaban J connectivity index is 3.03. The number of benzene rings is 1. The first-order valence-corrected chi connectivity index (χ1v) is 7.71. The molecule has 0 radical (unpaired) electrons. The molecule has 1 atom stereocenters. The average molecular weight is 343 g/mol. The number of rotatable bonds is 6. The van der Waals surface area contributed by atoms with Gasteiger partial charge < -0.3 is 5.32 Å². The van der Waals surface area contributed by atoms with Crippen molar-refractivity contribution >= 4 is 21.6 Å². The minimum Gasteiger partial charge on any atom is -0.313 e. The Labute approximate surface area is 129 Å². The Hall–Kier alpha value is -0.940. The molecule has 112 valence electrons. The molecule has 20 heavy (non-hydrogen) atoms. The maximum absolute atomic E-state index is 11.1. The lowest BCUT2D eigenvalue weighted by Gasteiger charge is -2.31. The van der Waals surface area contributed by atoms with Crippen LogP contribution in [-0.4, -0.2) is 17.5 Å². The molecular weight excluding hydrogens is 320 g/mol. The van der Waals surface area contributed by atoms with Crippen molar-refractivity contribution in [2.75, 3.05) is 6.54 Å². The summed E-state index contributed by atoms with van der Waals surface area (Å²) in [4.78, 5) is 10.8. The largest absolute Gasteiger partial charge is 0.313 e. The van der Waals surface area contributed by atoms with Gasteiger partial charge in [0.25, 0.3) is 5.69 Å². The van der Waals surface area contributed by atoms with Crippen LogP contribution in [0.5, 0.6) is 0 Å². The lowest BCUT2D eigenvalue weighted by atomic mass is 9.82. The van der Waals surface area contributed by atoms with E-state index in [1.807, 2.05) is 6.07 Å². The summed E-state index contributed by atoms with van der Waals surface area (Å²) < 4.78 is 0.876. The monoisotopic (exact) mass is 342 g/mol. The van der Waals surface area contributed by atoms with Gasteiger partial charge in [0.2, 0.25) is 0 Å². The van der Waals surface area contributed by atoms with E-state index in [0.29, 0.717) is 6.42 Å². The number of nitrogens with zero attached hydrogens (tertiary/aromatic N) is 1. The molecule has 0 aliphatic carbocycles. The van der Waals surface area contributed by atoms with Crippen LogP contribution in [0.4, 0.5) is 5.69 Å². The fourth-order valence-electron chi connectivity index (χ4n) is 2.12. The van der Waals surface area contributed by atoms with Crippen molar-refractivity contribution in [3.05, 3.63) is 38.3 Å². The number of hydrogen-bond acceptors (Lipinski definition) is 3. The molecule has 1 unspecified atom stereocenters. The van der Waals surface area contributed by atoms with Crippen molar-refractivity contribution < 1.29 is 4.92 Å². The standard InChI is InChI=1S/C15H23BrN2O2/c1-5-8-17-14(15(2,3)4)10-11-9-12(16)6-7-13(11)18(19)20/h6-7,9,14,17H,5,8,10H2,1-4H3. The number of nitro groups is 1. The van der Waals surface area contributed by atoms with E-state index in [4.69, 9.17) is 0 Å². The highest BCUT2D eigenvalue weighted by molar-refractivity contribution is 9.10. The highest BCUT2D eigenvalue weighted by Gasteiger charge is 2.27. The lowest BCUT2D eigenvalue weighted by molar-refractivity contribution is -0.385. The minimum absolute atomic E-state index is 0.0470. The third-order valence-corrected chi connectivity index (χ3v) is 3.84. The van der Waals surface area contributed by atoms with Gasteiger partial charge in [0, 0.05) is 22.1 Å². The minimum atomic E-state index is -0.304. The van der Waals surface area contributed by atoms with Gasteiger partial charge in [0.15, 0.2) is 0 Å². The van der Waals surface area contributed by atoms with E-state index >= 15 is 0 Å². The van der Waals surface area contributed by atoms with Crippen molar-refractivity contribution in [2.45, 2.75) is 46.6 Å². The van der Waals surface area contributed by atoms with Crippen LogP contribution in [0.3, 0.4) is 0 Å². The first kappa shape index (κ1) is 17.1. The quantitative estimate of drug-likeness (QED) is 0.618. The van der Waals surface area contributed by atoms with Crippen molar-refractivity contribution in [3.8, 4) is 0 Å². The SMILES string of the molecule is CCCNC(Cc1cc(Br)ccc1[N+](=O)[O-])C(C)(C)C. The molecule has 0 heterocycles. The van der Waals surface area contributed by atoms with Crippen molar-refractivity contribution in [2.24, 2.45) is 5.41 Å². The molecule has 0 bridgehead atoms. The summed E-state index contributed by atoms with van der Waals surface area (Å²) in [5.41, 5.74) is 1.01. The molecule has 1 aromatic rings. The van der Waals surface area contributed by atoms with Gasteiger partial charge in [0.1, 0.15) is 0 Å². The zero-order chi connectivity index (χ0) is 15.3. The second kappa shape index (κ2) is 7.18. The molecule has 0 aliphatic rings. The predicted molar refractivity (Wildman–Crippen MR) is 86.0 cm³/mol. The van der Waals surface area contributed by atoms with Gasteiger partial charge in [-0.2, -0.15) is 0 Å². The van der Waals surface area contributed by atoms with Crippen LogP contribution < -0.4 is 5.32 Å². The molecule has 0 saturated carbocycles. The summed E-state index contributed by atoms with van der Waals surface area (Å²) in [5, 5.41) is 14.7. The maximum Gasteiger partial charge on any atom is 0.272 e. The summed E-state index contributed by atoms with van der Waals surface area (Å²) in [5.74, 6) is 0. The molecule has 0 amide bonds.